The Morgan fingerprint density at radius 2 is 1.15 bits per heavy atom. The van der Waals surface area contributed by atoms with Gasteiger partial charge in [0.15, 0.2) is 34.6 Å². The van der Waals surface area contributed by atoms with E-state index in [0.717, 1.165) is 49.7 Å². The van der Waals surface area contributed by atoms with E-state index < -0.39 is 11.2 Å². The van der Waals surface area contributed by atoms with Crippen molar-refractivity contribution in [2.75, 3.05) is 37.5 Å². The smallest absolute Gasteiger partial charge is 0.210 e. The second-order valence-corrected chi connectivity index (χ2v) is 22.9. The van der Waals surface area contributed by atoms with Crippen LogP contribution in [0, 0.1) is 23.5 Å². The van der Waals surface area contributed by atoms with E-state index in [-0.39, 0.29) is 58.4 Å². The highest BCUT2D eigenvalue weighted by Crippen LogP contribution is 2.37. The fourth-order valence-corrected chi connectivity index (χ4v) is 9.76. The van der Waals surface area contributed by atoms with Crippen LogP contribution in [0.15, 0.2) is 61.2 Å². The number of carbonyl (C=O) groups is 2. The number of pyridine rings is 4. The Morgan fingerprint density at radius 1 is 0.671 bits per heavy atom. The largest absolute Gasteiger partial charge is 0.456 e. The van der Waals surface area contributed by atoms with Crippen LogP contribution in [0.4, 0.5) is 26.4 Å². The molecule has 0 amide bonds. The molecule has 20 nitrogen and oxygen atoms in total. The van der Waals surface area contributed by atoms with Gasteiger partial charge in [0, 0.05) is 99.5 Å². The summed E-state index contributed by atoms with van der Waals surface area (Å²) in [6.45, 7) is 14.2. The van der Waals surface area contributed by atoms with Crippen LogP contribution in [0.2, 0.25) is 5.28 Å². The molecule has 0 spiro atoms. The summed E-state index contributed by atoms with van der Waals surface area (Å²) in [6.07, 6.45) is 12.8. The van der Waals surface area contributed by atoms with Crippen LogP contribution in [0.25, 0.3) is 22.3 Å². The lowest BCUT2D eigenvalue weighted by Crippen LogP contribution is -2.23. The van der Waals surface area contributed by atoms with Gasteiger partial charge in [-0.3, -0.25) is 28.9 Å². The van der Waals surface area contributed by atoms with Crippen LogP contribution in [0.1, 0.15) is 115 Å². The quantitative estimate of drug-likeness (QED) is 0.103. The molecule has 2 aliphatic heterocycles. The van der Waals surface area contributed by atoms with Crippen LogP contribution in [-0.4, -0.2) is 96.6 Å². The first-order valence-corrected chi connectivity index (χ1v) is 26.9. The molecular weight excluding hydrogens is 1040 g/mol. The third-order valence-electron chi connectivity index (χ3n) is 14.1. The molecule has 12 rings (SSSR count). The molecular formula is C56H65ClF2N14O6. The summed E-state index contributed by atoms with van der Waals surface area (Å²) >= 11 is 6.00. The highest BCUT2D eigenvalue weighted by molar-refractivity contribution is 6.29. The molecule has 4 fully saturated rings. The maximum Gasteiger partial charge on any atom is 0.210 e. The van der Waals surface area contributed by atoms with Gasteiger partial charge in [0.05, 0.1) is 71.5 Å². The summed E-state index contributed by atoms with van der Waals surface area (Å²) in [6, 6.07) is 10.8. The fourth-order valence-electron chi connectivity index (χ4n) is 9.59. The van der Waals surface area contributed by atoms with Crippen molar-refractivity contribution in [2.24, 2.45) is 25.9 Å². The summed E-state index contributed by atoms with van der Waals surface area (Å²) in [5, 5.41) is 12.2. The molecule has 0 radical (unpaired) electrons. The number of hydrogen-bond donors (Lipinski definition) is 2. The molecule has 416 valence electrons. The first-order chi connectivity index (χ1) is 37.7. The average Bonchev–Trinajstić information content (AvgIpc) is 4.24. The lowest BCUT2D eigenvalue weighted by Gasteiger charge is -2.22. The first-order valence-electron chi connectivity index (χ1n) is 26.5. The molecule has 3 N–H and O–H groups in total. The van der Waals surface area contributed by atoms with Gasteiger partial charge in [-0.25, -0.2) is 18.7 Å². The van der Waals surface area contributed by atoms with Crippen molar-refractivity contribution in [3.05, 3.63) is 101 Å². The van der Waals surface area contributed by atoms with Gasteiger partial charge in [0.1, 0.15) is 34.6 Å². The number of imidazole rings is 2. The minimum absolute atomic E-state index is 0.00776. The van der Waals surface area contributed by atoms with Gasteiger partial charge in [-0.2, -0.15) is 20.2 Å². The van der Waals surface area contributed by atoms with Crippen molar-refractivity contribution in [3.8, 4) is 23.0 Å². The van der Waals surface area contributed by atoms with Gasteiger partial charge >= 0.3 is 0 Å². The number of fused-ring (bicyclic) bond motifs is 2. The Labute approximate surface area is 460 Å². The van der Waals surface area contributed by atoms with E-state index in [0.29, 0.717) is 107 Å². The minimum Gasteiger partial charge on any atom is -0.456 e. The first kappa shape index (κ1) is 54.9. The van der Waals surface area contributed by atoms with Gasteiger partial charge in [0.25, 0.3) is 0 Å². The minimum atomic E-state index is -0.447. The molecule has 2 aliphatic carbocycles. The lowest BCUT2D eigenvalue weighted by molar-refractivity contribution is -0.120. The second kappa shape index (κ2) is 22.4. The highest BCUT2D eigenvalue weighted by atomic mass is 35.5. The number of Topliss-reactive ketones (excluding diaryl/α,β-unsaturated/α-hetero) is 2. The van der Waals surface area contributed by atoms with Crippen LogP contribution in [0.3, 0.4) is 0 Å². The Morgan fingerprint density at radius 3 is 1.63 bits per heavy atom. The molecule has 23 heteroatoms. The Bertz CT molecular complexity index is 3540. The number of anilines is 3. The summed E-state index contributed by atoms with van der Waals surface area (Å²) in [5.74, 6) is 2.91. The van der Waals surface area contributed by atoms with Crippen molar-refractivity contribution in [1.82, 2.24) is 58.6 Å². The standard InChI is InChI=1S/C28H32FN7O3.C17H15ClN4O2.C11H18FN3O/c1-28(2,3)24-23(29)26(34-36(24)18-8-10-38-15-18)33-27-32-25-21(35(27)4)13-20(14-31-25)39-19-7-9-30-17(11-19)12-22(37)16-5-6-16;1-22-14-8-13(9-20-16(14)21-17(22)18)24-12-4-5-19-11(6-12)7-15(23)10-2-3-10;1-11(2,3)9-8(12)10(13)14-15(9)7-4-5-16-6-7/h7,9,11,13-14,16,18H,5-6,8,10,12,15H2,1-4H3,(H,31,32,33,34);4-6,8-10H,2-3,7H2,1H3;7H,4-6H2,1-3H3,(H2,13,14)/t18-;;7-/m1.1/s1. The van der Waals surface area contributed by atoms with Crippen LogP contribution < -0.4 is 20.5 Å². The Balaban J connectivity index is 0.000000149. The SMILES string of the molecule is CC(C)(C)c1c(F)c(N)nn1[C@@H]1CCOC1.Cn1c(Cl)nc2ncc(Oc3ccnc(CC(=O)C4CC4)c3)cc21.Cn1c(Nc2nn([C@@H]3CCOC3)c(C(C)(C)C)c2F)nc2ncc(Oc3ccnc(CC(=O)C4CC4)c3)cc21. The van der Waals surface area contributed by atoms with Gasteiger partial charge in [0.2, 0.25) is 11.2 Å². The number of nitrogens with zero attached hydrogens (tertiary/aromatic N) is 12. The molecule has 0 aromatic carbocycles. The zero-order valence-electron chi connectivity index (χ0n) is 45.6. The molecule has 2 saturated carbocycles. The zero-order chi connectivity index (χ0) is 55.9. The number of ketones is 2. The fraction of sp³-hybridized carbons (Fsp3) is 0.464. The van der Waals surface area contributed by atoms with Gasteiger partial charge in [-0.1, -0.05) is 41.5 Å². The number of ether oxygens (including phenoxy) is 4. The van der Waals surface area contributed by atoms with Crippen molar-refractivity contribution >= 4 is 63.1 Å². The van der Waals surface area contributed by atoms with E-state index in [2.05, 4.69) is 45.4 Å². The molecule has 79 heavy (non-hydrogen) atoms. The van der Waals surface area contributed by atoms with Crippen molar-refractivity contribution in [2.45, 2.75) is 116 Å². The van der Waals surface area contributed by atoms with E-state index in [9.17, 15) is 14.0 Å². The number of hydrogen-bond acceptors (Lipinski definition) is 16. The van der Waals surface area contributed by atoms with Gasteiger partial charge < -0.3 is 39.1 Å². The van der Waals surface area contributed by atoms with Crippen molar-refractivity contribution in [1.29, 1.82) is 0 Å². The van der Waals surface area contributed by atoms with E-state index in [1.807, 2.05) is 67.8 Å². The highest BCUT2D eigenvalue weighted by Gasteiger charge is 2.35. The second-order valence-electron chi connectivity index (χ2n) is 22.6. The predicted molar refractivity (Wildman–Crippen MR) is 292 cm³/mol. The number of carbonyl (C=O) groups excluding carboxylic acids is 2. The van der Waals surface area contributed by atoms with Crippen LogP contribution >= 0.6 is 11.6 Å². The maximum absolute atomic E-state index is 15.7. The third-order valence-corrected chi connectivity index (χ3v) is 14.4. The number of nitrogen functional groups attached to an aromatic ring is 1. The van der Waals surface area contributed by atoms with E-state index in [1.54, 1.807) is 67.6 Å². The predicted octanol–water partition coefficient (Wildman–Crippen LogP) is 10.2. The number of halogens is 3. The number of aryl methyl sites for hydroxylation is 2. The van der Waals surface area contributed by atoms with Crippen molar-refractivity contribution < 1.29 is 37.3 Å². The summed E-state index contributed by atoms with van der Waals surface area (Å²) in [5.41, 5.74) is 9.86. The summed E-state index contributed by atoms with van der Waals surface area (Å²) in [7, 11) is 3.64. The maximum atomic E-state index is 15.7. The summed E-state index contributed by atoms with van der Waals surface area (Å²) < 4.78 is 59.3. The van der Waals surface area contributed by atoms with Gasteiger partial charge in [-0.15, -0.1) is 0 Å². The Kier molecular flexibility index (Phi) is 15.5. The monoisotopic (exact) mass is 1100 g/mol. The molecule has 4 aliphatic rings. The molecule has 2 atom stereocenters. The normalized spacial score (nSPS) is 17.4. The molecule has 8 aromatic heterocycles. The number of nitrogens with one attached hydrogen (secondary N) is 1. The molecule has 8 aromatic rings. The number of nitrogens with two attached hydrogens (primary N) is 1. The van der Waals surface area contributed by atoms with Crippen LogP contribution in [-0.2, 0) is 56.8 Å². The van der Waals surface area contributed by atoms with Gasteiger partial charge in [-0.05, 0) is 62.3 Å². The topological polar surface area (TPSA) is 232 Å². The third kappa shape index (κ3) is 12.6. The van der Waals surface area contributed by atoms with Crippen molar-refractivity contribution in [3.63, 3.8) is 0 Å². The molecule has 2 saturated heterocycles. The van der Waals surface area contributed by atoms with Crippen LogP contribution in [0.5, 0.6) is 23.0 Å². The molecule has 10 heterocycles. The van der Waals surface area contributed by atoms with E-state index >= 15 is 4.39 Å². The number of aromatic nitrogens is 12. The van der Waals surface area contributed by atoms with E-state index in [4.69, 9.17) is 36.3 Å². The van der Waals surface area contributed by atoms with E-state index in [1.165, 1.54) is 0 Å². The summed E-state index contributed by atoms with van der Waals surface area (Å²) in [4.78, 5) is 50.1. The Hall–Kier alpha value is -7.43. The average molecular weight is 1100 g/mol. The lowest BCUT2D eigenvalue weighted by atomic mass is 9.91. The number of rotatable bonds is 14. The molecule has 0 unspecified atom stereocenters. The molecule has 0 bridgehead atoms. The zero-order valence-corrected chi connectivity index (χ0v) is 46.4.